The fraction of sp³-hybridized carbons (Fsp3) is 0.300. The second kappa shape index (κ2) is 5.48. The number of carbonyl (C=O) groups excluding carboxylic acids is 1. The molecule has 0 unspecified atom stereocenters. The molecule has 0 bridgehead atoms. The van der Waals surface area contributed by atoms with E-state index in [9.17, 15) is 14.4 Å². The molecule has 0 fully saturated rings. The van der Waals surface area contributed by atoms with Crippen LogP contribution in [0.1, 0.15) is 10.5 Å². The molecule has 2 rings (SSSR count). The molecule has 1 N–H and O–H groups in total. The highest BCUT2D eigenvalue weighted by molar-refractivity contribution is 6.01. The number of rotatable bonds is 4. The molecule has 0 atom stereocenters. The third-order valence-corrected chi connectivity index (χ3v) is 2.58. The van der Waals surface area contributed by atoms with Gasteiger partial charge in [-0.1, -0.05) is 11.2 Å². The highest BCUT2D eigenvalue weighted by Crippen LogP contribution is 1.97. The first-order valence-electron chi connectivity index (χ1n) is 5.78. The number of amides is 1. The quantitative estimate of drug-likeness (QED) is 0.639. The Balaban J connectivity index is 2.47. The Morgan fingerprint density at radius 1 is 1.33 bits per heavy atom. The van der Waals surface area contributed by atoms with Gasteiger partial charge in [-0.2, -0.15) is 5.10 Å². The molecule has 0 saturated heterocycles. The summed E-state index contributed by atoms with van der Waals surface area (Å²) >= 11 is 0. The van der Waals surface area contributed by atoms with Crippen LogP contribution < -0.4 is 16.6 Å². The molecule has 0 radical (unpaired) electrons. The number of tetrazole rings is 1. The van der Waals surface area contributed by atoms with Gasteiger partial charge in [0.05, 0.1) is 0 Å². The lowest BCUT2D eigenvalue weighted by atomic mass is 10.4. The molecular weight excluding hydrogens is 280 g/mol. The number of aromatic nitrogens is 7. The highest BCUT2D eigenvalue weighted by Gasteiger charge is 2.19. The number of anilines is 1. The van der Waals surface area contributed by atoms with Gasteiger partial charge in [-0.25, -0.2) is 14.2 Å². The van der Waals surface area contributed by atoms with Crippen LogP contribution in [0.4, 0.5) is 5.95 Å². The van der Waals surface area contributed by atoms with E-state index in [1.165, 1.54) is 24.9 Å². The molecule has 21 heavy (non-hydrogen) atoms. The Labute approximate surface area is 117 Å². The van der Waals surface area contributed by atoms with E-state index in [0.717, 1.165) is 9.25 Å². The van der Waals surface area contributed by atoms with Crippen molar-refractivity contribution < 1.29 is 4.79 Å². The summed E-state index contributed by atoms with van der Waals surface area (Å²) in [6.45, 7) is 3.43. The second-order valence-electron chi connectivity index (χ2n) is 4.04. The number of hydrogen-bond donors (Lipinski definition) is 1. The average molecular weight is 292 g/mol. The molecule has 0 saturated carbocycles. The minimum atomic E-state index is -0.814. The molecule has 2 aromatic heterocycles. The summed E-state index contributed by atoms with van der Waals surface area (Å²) in [5.74, 6) is -0.767. The predicted molar refractivity (Wildman–Crippen MR) is 70.7 cm³/mol. The van der Waals surface area contributed by atoms with Crippen LogP contribution >= 0.6 is 0 Å². The fourth-order valence-electron chi connectivity index (χ4n) is 1.55. The molecule has 0 aliphatic rings. The summed E-state index contributed by atoms with van der Waals surface area (Å²) in [6, 6.07) is 0. The molecule has 0 aliphatic carbocycles. The predicted octanol–water partition coefficient (Wildman–Crippen LogP) is -2.10. The van der Waals surface area contributed by atoms with Gasteiger partial charge in [0.2, 0.25) is 11.6 Å². The van der Waals surface area contributed by atoms with E-state index in [-0.39, 0.29) is 12.5 Å². The molecule has 11 nitrogen and oxygen atoms in total. The van der Waals surface area contributed by atoms with Crippen LogP contribution in [-0.4, -0.2) is 40.5 Å². The highest BCUT2D eigenvalue weighted by atomic mass is 16.2. The first-order chi connectivity index (χ1) is 9.95. The van der Waals surface area contributed by atoms with E-state index < -0.39 is 22.9 Å². The van der Waals surface area contributed by atoms with Gasteiger partial charge >= 0.3 is 5.69 Å². The molecular formula is C10H12N8O3. The van der Waals surface area contributed by atoms with Gasteiger partial charge in [0, 0.05) is 20.6 Å². The smallest absolute Gasteiger partial charge is 0.288 e. The lowest BCUT2D eigenvalue weighted by molar-refractivity contribution is 0.101. The van der Waals surface area contributed by atoms with Crippen molar-refractivity contribution in [3.63, 3.8) is 0 Å². The molecule has 2 aromatic rings. The van der Waals surface area contributed by atoms with Gasteiger partial charge in [0.1, 0.15) is 0 Å². The topological polar surface area (TPSA) is 130 Å². The van der Waals surface area contributed by atoms with Crippen molar-refractivity contribution >= 4 is 11.9 Å². The lowest BCUT2D eigenvalue weighted by Crippen LogP contribution is -2.44. The Morgan fingerprint density at radius 2 is 2.05 bits per heavy atom. The largest absolute Gasteiger partial charge is 0.347 e. The monoisotopic (exact) mass is 292 g/mol. The third kappa shape index (κ3) is 2.61. The van der Waals surface area contributed by atoms with Crippen molar-refractivity contribution in [1.82, 2.24) is 34.6 Å². The normalized spacial score (nSPS) is 10.4. The van der Waals surface area contributed by atoms with Crippen molar-refractivity contribution in [2.24, 2.45) is 14.1 Å². The average Bonchev–Trinajstić information content (AvgIpc) is 2.84. The van der Waals surface area contributed by atoms with Gasteiger partial charge in [-0.05, 0) is 10.4 Å². The van der Waals surface area contributed by atoms with Crippen LogP contribution in [-0.2, 0) is 20.6 Å². The first kappa shape index (κ1) is 14.3. The number of hydrogen-bond acceptors (Lipinski definition) is 7. The Morgan fingerprint density at radius 3 is 2.62 bits per heavy atom. The van der Waals surface area contributed by atoms with Gasteiger partial charge < -0.3 is 0 Å². The van der Waals surface area contributed by atoms with Crippen LogP contribution in [0.15, 0.2) is 22.2 Å². The lowest BCUT2D eigenvalue weighted by Gasteiger charge is -2.07. The Bertz CT molecular complexity index is 814. The van der Waals surface area contributed by atoms with Crippen LogP contribution in [0.25, 0.3) is 0 Å². The van der Waals surface area contributed by atoms with Crippen LogP contribution in [0.3, 0.4) is 0 Å². The summed E-state index contributed by atoms with van der Waals surface area (Å²) in [4.78, 5) is 35.9. The molecule has 0 spiro atoms. The summed E-state index contributed by atoms with van der Waals surface area (Å²) in [5.41, 5.74) is -1.90. The second-order valence-corrected chi connectivity index (χ2v) is 4.04. The zero-order valence-electron chi connectivity index (χ0n) is 11.3. The minimum absolute atomic E-state index is 0.0280. The van der Waals surface area contributed by atoms with Gasteiger partial charge in [0.25, 0.3) is 11.5 Å². The van der Waals surface area contributed by atoms with Gasteiger partial charge in [-0.3, -0.25) is 19.5 Å². The number of nitrogens with one attached hydrogen (secondary N) is 1. The zero-order chi connectivity index (χ0) is 15.6. The SMILES string of the molecule is C=CCn1c(=O)c(C(=O)Nc2nnnn2C)nn(C)c1=O. The van der Waals surface area contributed by atoms with Crippen LogP contribution in [0.2, 0.25) is 0 Å². The number of aryl methyl sites for hydroxylation is 2. The number of carbonyl (C=O) groups is 1. The van der Waals surface area contributed by atoms with Gasteiger partial charge in [-0.15, -0.1) is 6.58 Å². The summed E-state index contributed by atoms with van der Waals surface area (Å²) in [7, 11) is 2.85. The van der Waals surface area contributed by atoms with Crippen LogP contribution in [0.5, 0.6) is 0 Å². The summed E-state index contributed by atoms with van der Waals surface area (Å²) < 4.78 is 2.96. The van der Waals surface area contributed by atoms with Crippen LogP contribution in [0, 0.1) is 0 Å². The molecule has 110 valence electrons. The molecule has 11 heteroatoms. The van der Waals surface area contributed by atoms with E-state index in [1.807, 2.05) is 0 Å². The maximum atomic E-state index is 12.1. The first-order valence-corrected chi connectivity index (χ1v) is 5.78. The van der Waals surface area contributed by atoms with E-state index >= 15 is 0 Å². The minimum Gasteiger partial charge on any atom is -0.288 e. The molecule has 0 aromatic carbocycles. The standard InChI is InChI=1S/C10H12N8O3/c1-4-5-18-8(20)6(13-17(3)10(18)21)7(19)11-9-12-14-15-16(9)2/h4H,1,5H2,2-3H3,(H,11,12,15,19). The van der Waals surface area contributed by atoms with E-state index in [4.69, 9.17) is 0 Å². The molecule has 0 aliphatic heterocycles. The molecule has 2 heterocycles. The van der Waals surface area contributed by atoms with Crippen molar-refractivity contribution in [2.75, 3.05) is 5.32 Å². The van der Waals surface area contributed by atoms with E-state index in [2.05, 4.69) is 32.5 Å². The summed E-state index contributed by atoms with van der Waals surface area (Å²) in [6.07, 6.45) is 1.37. The van der Waals surface area contributed by atoms with Gasteiger partial charge in [0.15, 0.2) is 0 Å². The van der Waals surface area contributed by atoms with E-state index in [0.29, 0.717) is 0 Å². The van der Waals surface area contributed by atoms with Crippen molar-refractivity contribution in [3.05, 3.63) is 39.2 Å². The van der Waals surface area contributed by atoms with E-state index in [1.54, 1.807) is 0 Å². The fourth-order valence-corrected chi connectivity index (χ4v) is 1.55. The maximum Gasteiger partial charge on any atom is 0.347 e. The zero-order valence-corrected chi connectivity index (χ0v) is 11.3. The number of allylic oxidation sites excluding steroid dienone is 1. The third-order valence-electron chi connectivity index (χ3n) is 2.58. The summed E-state index contributed by atoms with van der Waals surface area (Å²) in [5, 5.41) is 16.4. The maximum absolute atomic E-state index is 12.1. The Hall–Kier alpha value is -3.11. The van der Waals surface area contributed by atoms with Crippen molar-refractivity contribution in [3.8, 4) is 0 Å². The number of nitrogens with zero attached hydrogens (tertiary/aromatic N) is 7. The molecule has 1 amide bonds. The van der Waals surface area contributed by atoms with Crippen molar-refractivity contribution in [2.45, 2.75) is 6.54 Å². The Kier molecular flexibility index (Phi) is 3.73. The van der Waals surface area contributed by atoms with Crippen molar-refractivity contribution in [1.29, 1.82) is 0 Å².